The van der Waals surface area contributed by atoms with Crippen molar-refractivity contribution in [1.82, 2.24) is 0 Å². The standard InChI is InChI=1S/C17H25N3O/c1-10(2)15-14(6-7-18)17(21)20(19-15)16-12(4)8-11(3)9-13(16)5/h8-10,14H,6-7,18H2,1-5H3. The number of benzene rings is 1. The average molecular weight is 287 g/mol. The van der Waals surface area contributed by atoms with Gasteiger partial charge in [0.1, 0.15) is 0 Å². The van der Waals surface area contributed by atoms with Crippen molar-refractivity contribution in [1.29, 1.82) is 0 Å². The lowest BCUT2D eigenvalue weighted by molar-refractivity contribution is -0.119. The van der Waals surface area contributed by atoms with Crippen molar-refractivity contribution in [3.63, 3.8) is 0 Å². The molecule has 0 aliphatic carbocycles. The molecule has 1 aliphatic heterocycles. The largest absolute Gasteiger partial charge is 0.330 e. The zero-order chi connectivity index (χ0) is 15.7. The Labute approximate surface area is 127 Å². The topological polar surface area (TPSA) is 58.7 Å². The Morgan fingerprint density at radius 2 is 1.81 bits per heavy atom. The molecule has 114 valence electrons. The predicted octanol–water partition coefficient (Wildman–Crippen LogP) is 2.94. The molecule has 1 aromatic carbocycles. The molecule has 0 aromatic heterocycles. The second-order valence-electron chi connectivity index (χ2n) is 6.21. The minimum absolute atomic E-state index is 0.0548. The fourth-order valence-corrected chi connectivity index (χ4v) is 3.13. The number of rotatable bonds is 4. The van der Waals surface area contributed by atoms with Gasteiger partial charge in [0.25, 0.3) is 5.91 Å². The van der Waals surface area contributed by atoms with Crippen LogP contribution in [0.15, 0.2) is 17.2 Å². The van der Waals surface area contributed by atoms with E-state index in [2.05, 4.69) is 38.0 Å². The van der Waals surface area contributed by atoms with E-state index in [4.69, 9.17) is 5.73 Å². The molecule has 2 rings (SSSR count). The molecule has 0 saturated heterocycles. The minimum atomic E-state index is -0.171. The summed E-state index contributed by atoms with van der Waals surface area (Å²) in [5.74, 6) is 0.135. The molecule has 1 atom stereocenters. The lowest BCUT2D eigenvalue weighted by Crippen LogP contribution is -2.31. The first kappa shape index (κ1) is 15.7. The summed E-state index contributed by atoms with van der Waals surface area (Å²) in [6.45, 7) is 10.8. The smallest absolute Gasteiger partial charge is 0.256 e. The average Bonchev–Trinajstić information content (AvgIpc) is 2.68. The maximum Gasteiger partial charge on any atom is 0.256 e. The zero-order valence-corrected chi connectivity index (χ0v) is 13.6. The third-order valence-corrected chi connectivity index (χ3v) is 3.97. The van der Waals surface area contributed by atoms with E-state index in [1.165, 1.54) is 5.56 Å². The van der Waals surface area contributed by atoms with E-state index >= 15 is 0 Å². The first-order valence-corrected chi connectivity index (χ1v) is 7.57. The Morgan fingerprint density at radius 1 is 1.24 bits per heavy atom. The molecule has 0 fully saturated rings. The lowest BCUT2D eigenvalue weighted by Gasteiger charge is -2.19. The van der Waals surface area contributed by atoms with Crippen LogP contribution >= 0.6 is 0 Å². The fourth-order valence-electron chi connectivity index (χ4n) is 3.13. The number of nitrogens with zero attached hydrogens (tertiary/aromatic N) is 2. The van der Waals surface area contributed by atoms with Gasteiger partial charge >= 0.3 is 0 Å². The second-order valence-corrected chi connectivity index (χ2v) is 6.21. The number of hydrogen-bond donors (Lipinski definition) is 1. The van der Waals surface area contributed by atoms with Crippen molar-refractivity contribution < 1.29 is 4.79 Å². The molecule has 0 radical (unpaired) electrons. The van der Waals surface area contributed by atoms with Crippen molar-refractivity contribution in [3.05, 3.63) is 28.8 Å². The Balaban J connectivity index is 2.48. The first-order valence-electron chi connectivity index (χ1n) is 7.57. The van der Waals surface area contributed by atoms with E-state index < -0.39 is 0 Å². The molecule has 0 bridgehead atoms. The molecule has 1 heterocycles. The van der Waals surface area contributed by atoms with E-state index in [1.54, 1.807) is 5.01 Å². The molecule has 0 spiro atoms. The number of anilines is 1. The van der Waals surface area contributed by atoms with Gasteiger partial charge in [0, 0.05) is 0 Å². The highest BCUT2D eigenvalue weighted by Gasteiger charge is 2.38. The number of carbonyl (C=O) groups excluding carboxylic acids is 1. The normalized spacial score (nSPS) is 18.6. The highest BCUT2D eigenvalue weighted by atomic mass is 16.2. The quantitative estimate of drug-likeness (QED) is 0.925. The SMILES string of the molecule is Cc1cc(C)c(N2N=C(C(C)C)C(CCN)C2=O)c(C)c1. The van der Waals surface area contributed by atoms with E-state index in [9.17, 15) is 4.79 Å². The summed E-state index contributed by atoms with van der Waals surface area (Å²) in [5, 5.41) is 6.23. The van der Waals surface area contributed by atoms with Crippen LogP contribution in [-0.2, 0) is 4.79 Å². The van der Waals surface area contributed by atoms with Crippen LogP contribution in [0, 0.1) is 32.6 Å². The minimum Gasteiger partial charge on any atom is -0.330 e. The maximum atomic E-state index is 12.8. The van der Waals surface area contributed by atoms with Gasteiger partial charge in [-0.25, -0.2) is 0 Å². The number of hydrogen-bond acceptors (Lipinski definition) is 3. The monoisotopic (exact) mass is 287 g/mol. The van der Waals surface area contributed by atoms with E-state index in [0.29, 0.717) is 13.0 Å². The highest BCUT2D eigenvalue weighted by Crippen LogP contribution is 2.33. The molecule has 4 nitrogen and oxygen atoms in total. The van der Waals surface area contributed by atoms with Gasteiger partial charge in [0.2, 0.25) is 0 Å². The van der Waals surface area contributed by atoms with Crippen LogP contribution in [0.3, 0.4) is 0 Å². The van der Waals surface area contributed by atoms with Crippen LogP contribution < -0.4 is 10.7 Å². The van der Waals surface area contributed by atoms with Gasteiger partial charge in [0.15, 0.2) is 0 Å². The van der Waals surface area contributed by atoms with Crippen LogP contribution in [-0.4, -0.2) is 18.2 Å². The van der Waals surface area contributed by atoms with E-state index in [-0.39, 0.29) is 17.7 Å². The third-order valence-electron chi connectivity index (χ3n) is 3.97. The summed E-state index contributed by atoms with van der Waals surface area (Å²) >= 11 is 0. The molecule has 1 unspecified atom stereocenters. The van der Waals surface area contributed by atoms with Crippen molar-refractivity contribution in [2.75, 3.05) is 11.6 Å². The summed E-state index contributed by atoms with van der Waals surface area (Å²) in [7, 11) is 0. The molecule has 1 aromatic rings. The zero-order valence-electron chi connectivity index (χ0n) is 13.6. The predicted molar refractivity (Wildman–Crippen MR) is 87.6 cm³/mol. The van der Waals surface area contributed by atoms with Crippen molar-refractivity contribution >= 4 is 17.3 Å². The molecular formula is C17H25N3O. The summed E-state index contributed by atoms with van der Waals surface area (Å²) in [6.07, 6.45) is 0.663. The molecular weight excluding hydrogens is 262 g/mol. The molecule has 1 amide bonds. The van der Waals surface area contributed by atoms with Gasteiger partial charge in [-0.05, 0) is 50.8 Å². The van der Waals surface area contributed by atoms with Gasteiger partial charge in [-0.3, -0.25) is 4.79 Å². The van der Waals surface area contributed by atoms with Crippen molar-refractivity contribution in [2.24, 2.45) is 22.7 Å². The number of amides is 1. The Morgan fingerprint density at radius 3 is 2.29 bits per heavy atom. The number of hydrazone groups is 1. The van der Waals surface area contributed by atoms with Crippen molar-refractivity contribution in [2.45, 2.75) is 41.0 Å². The number of nitrogens with two attached hydrogens (primary N) is 1. The molecule has 0 saturated carbocycles. The molecule has 1 aliphatic rings. The third kappa shape index (κ3) is 2.86. The van der Waals surface area contributed by atoms with Gasteiger partial charge < -0.3 is 5.73 Å². The molecule has 2 N–H and O–H groups in total. The summed E-state index contributed by atoms with van der Waals surface area (Å²) < 4.78 is 0. The van der Waals surface area contributed by atoms with Gasteiger partial charge in [-0.2, -0.15) is 10.1 Å². The van der Waals surface area contributed by atoms with E-state index in [0.717, 1.165) is 22.5 Å². The van der Waals surface area contributed by atoms with Crippen LogP contribution in [0.4, 0.5) is 5.69 Å². The second kappa shape index (κ2) is 5.98. The summed E-state index contributed by atoms with van der Waals surface area (Å²) in [4.78, 5) is 12.8. The van der Waals surface area contributed by atoms with Gasteiger partial charge in [-0.1, -0.05) is 31.5 Å². The fraction of sp³-hybridized carbons (Fsp3) is 0.529. The van der Waals surface area contributed by atoms with Crippen LogP contribution in [0.2, 0.25) is 0 Å². The van der Waals surface area contributed by atoms with E-state index in [1.807, 2.05) is 13.8 Å². The summed E-state index contributed by atoms with van der Waals surface area (Å²) in [6, 6.07) is 4.19. The Kier molecular flexibility index (Phi) is 4.47. The van der Waals surface area contributed by atoms with Gasteiger partial charge in [0.05, 0.1) is 17.3 Å². The van der Waals surface area contributed by atoms with Crippen LogP contribution in [0.1, 0.15) is 37.0 Å². The first-order chi connectivity index (χ1) is 9.86. The Hall–Kier alpha value is -1.68. The number of carbonyl (C=O) groups is 1. The maximum absolute atomic E-state index is 12.8. The number of aryl methyl sites for hydroxylation is 3. The Bertz CT molecular complexity index is 567. The van der Waals surface area contributed by atoms with Crippen molar-refractivity contribution in [3.8, 4) is 0 Å². The highest BCUT2D eigenvalue weighted by molar-refractivity contribution is 6.16. The van der Waals surface area contributed by atoms with Crippen LogP contribution in [0.5, 0.6) is 0 Å². The van der Waals surface area contributed by atoms with Crippen LogP contribution in [0.25, 0.3) is 0 Å². The lowest BCUT2D eigenvalue weighted by atomic mass is 9.91. The molecule has 21 heavy (non-hydrogen) atoms. The molecule has 4 heteroatoms. The summed E-state index contributed by atoms with van der Waals surface area (Å²) in [5.41, 5.74) is 10.9. The van der Waals surface area contributed by atoms with Gasteiger partial charge in [-0.15, -0.1) is 0 Å².